The maximum atomic E-state index is 11.1. The molecule has 0 unspecified atom stereocenters. The summed E-state index contributed by atoms with van der Waals surface area (Å²) in [6.07, 6.45) is -0.162. The van der Waals surface area contributed by atoms with Crippen LogP contribution in [0.3, 0.4) is 0 Å². The van der Waals surface area contributed by atoms with Crippen LogP contribution in [0.4, 0.5) is 10.5 Å². The molecule has 3 rings (SSSR count). The molecular formula is C15H15BrN2O5. The lowest BCUT2D eigenvalue weighted by molar-refractivity contribution is 0.0665. The third-order valence-electron chi connectivity index (χ3n) is 3.93. The molecule has 0 spiro atoms. The Morgan fingerprint density at radius 1 is 1.13 bits per heavy atom. The van der Waals surface area contributed by atoms with E-state index in [1.165, 1.54) is 11.0 Å². The van der Waals surface area contributed by atoms with Gasteiger partial charge >= 0.3 is 12.1 Å². The summed E-state index contributed by atoms with van der Waals surface area (Å²) in [5.74, 6) is -1.22. The minimum Gasteiger partial charge on any atom is -0.475 e. The van der Waals surface area contributed by atoms with Crippen LogP contribution in [0.5, 0.6) is 0 Å². The number of carboxylic acid groups (broad SMARTS) is 2. The standard InChI is InChI=1S/C15H15BrN2O5/c16-13-9-8-12(14(19)20)23-11(9)3-2-10(13)17-4-1-5-18(7-6-17)15(21)22/h2-3,8H,1,4-7H2,(H,19,20)(H,21,22). The highest BCUT2D eigenvalue weighted by atomic mass is 79.9. The molecule has 122 valence electrons. The second kappa shape index (κ2) is 6.11. The molecule has 8 heteroatoms. The fourth-order valence-corrected chi connectivity index (χ4v) is 3.46. The lowest BCUT2D eigenvalue weighted by Gasteiger charge is -2.24. The highest BCUT2D eigenvalue weighted by Gasteiger charge is 2.21. The van der Waals surface area contributed by atoms with Crippen molar-refractivity contribution in [2.24, 2.45) is 0 Å². The van der Waals surface area contributed by atoms with E-state index in [1.54, 1.807) is 6.07 Å². The maximum absolute atomic E-state index is 11.1. The van der Waals surface area contributed by atoms with Crippen molar-refractivity contribution in [1.82, 2.24) is 4.90 Å². The Kier molecular flexibility index (Phi) is 4.16. The first-order valence-corrected chi connectivity index (χ1v) is 7.95. The summed E-state index contributed by atoms with van der Waals surface area (Å²) in [6.45, 7) is 2.27. The van der Waals surface area contributed by atoms with Gasteiger partial charge in [-0.1, -0.05) is 0 Å². The summed E-state index contributed by atoms with van der Waals surface area (Å²) < 4.78 is 6.05. The van der Waals surface area contributed by atoms with E-state index in [9.17, 15) is 9.59 Å². The van der Waals surface area contributed by atoms with E-state index in [1.807, 2.05) is 6.07 Å². The predicted molar refractivity (Wildman–Crippen MR) is 87.3 cm³/mol. The van der Waals surface area contributed by atoms with E-state index < -0.39 is 12.1 Å². The zero-order valence-electron chi connectivity index (χ0n) is 12.2. The number of halogens is 1. The lowest BCUT2D eigenvalue weighted by Crippen LogP contribution is -2.34. The number of hydrogen-bond donors (Lipinski definition) is 2. The fraction of sp³-hybridized carbons (Fsp3) is 0.333. The van der Waals surface area contributed by atoms with E-state index in [-0.39, 0.29) is 5.76 Å². The van der Waals surface area contributed by atoms with Gasteiger partial charge < -0.3 is 24.4 Å². The number of amides is 1. The zero-order valence-corrected chi connectivity index (χ0v) is 13.7. The van der Waals surface area contributed by atoms with Crippen LogP contribution in [0.25, 0.3) is 11.0 Å². The SMILES string of the molecule is O=C(O)c1cc2c(Br)c(N3CCCN(C(=O)O)CC3)ccc2o1. The number of benzene rings is 1. The number of hydrogen-bond acceptors (Lipinski definition) is 4. The molecule has 1 aromatic heterocycles. The quantitative estimate of drug-likeness (QED) is 0.828. The molecule has 1 aliphatic rings. The van der Waals surface area contributed by atoms with Crippen molar-refractivity contribution < 1.29 is 24.2 Å². The van der Waals surface area contributed by atoms with Gasteiger partial charge in [0.05, 0.1) is 10.2 Å². The molecule has 1 aromatic carbocycles. The first-order chi connectivity index (χ1) is 11.0. The van der Waals surface area contributed by atoms with Gasteiger partial charge in [0.25, 0.3) is 0 Å². The van der Waals surface area contributed by atoms with Crippen LogP contribution in [0.1, 0.15) is 17.0 Å². The van der Waals surface area contributed by atoms with Crippen LogP contribution in [0.2, 0.25) is 0 Å². The van der Waals surface area contributed by atoms with Crippen molar-refractivity contribution in [1.29, 1.82) is 0 Å². The summed E-state index contributed by atoms with van der Waals surface area (Å²) in [6, 6.07) is 5.09. The molecule has 1 aliphatic heterocycles. The van der Waals surface area contributed by atoms with Gasteiger partial charge in [-0.25, -0.2) is 9.59 Å². The van der Waals surface area contributed by atoms with E-state index in [0.717, 1.165) is 23.1 Å². The normalized spacial score (nSPS) is 15.7. The number of anilines is 1. The van der Waals surface area contributed by atoms with Crippen LogP contribution in [0.15, 0.2) is 27.1 Å². The van der Waals surface area contributed by atoms with Crippen LogP contribution < -0.4 is 4.90 Å². The van der Waals surface area contributed by atoms with Gasteiger partial charge in [-0.2, -0.15) is 0 Å². The minimum atomic E-state index is -1.11. The number of nitrogens with zero attached hydrogens (tertiary/aromatic N) is 2. The van der Waals surface area contributed by atoms with Gasteiger partial charge in [0.2, 0.25) is 5.76 Å². The van der Waals surface area contributed by atoms with Gasteiger partial charge in [0, 0.05) is 37.6 Å². The Morgan fingerprint density at radius 3 is 2.61 bits per heavy atom. The number of carbonyl (C=O) groups is 2. The fourth-order valence-electron chi connectivity index (χ4n) is 2.77. The molecule has 23 heavy (non-hydrogen) atoms. The highest BCUT2D eigenvalue weighted by Crippen LogP contribution is 2.36. The van der Waals surface area contributed by atoms with Crippen molar-refractivity contribution in [2.45, 2.75) is 6.42 Å². The summed E-state index contributed by atoms with van der Waals surface area (Å²) >= 11 is 3.52. The summed E-state index contributed by atoms with van der Waals surface area (Å²) in [4.78, 5) is 25.6. The summed E-state index contributed by atoms with van der Waals surface area (Å²) in [5, 5.41) is 18.8. The molecule has 0 atom stereocenters. The molecule has 1 saturated heterocycles. The molecule has 1 fully saturated rings. The van der Waals surface area contributed by atoms with Gasteiger partial charge in [-0.15, -0.1) is 0 Å². The molecule has 0 saturated carbocycles. The van der Waals surface area contributed by atoms with E-state index in [4.69, 9.17) is 14.6 Å². The van der Waals surface area contributed by atoms with Crippen molar-refractivity contribution in [3.63, 3.8) is 0 Å². The highest BCUT2D eigenvalue weighted by molar-refractivity contribution is 9.10. The average molecular weight is 383 g/mol. The topological polar surface area (TPSA) is 94.2 Å². The van der Waals surface area contributed by atoms with Gasteiger partial charge in [-0.05, 0) is 34.5 Å². The molecular weight excluding hydrogens is 368 g/mol. The Hall–Kier alpha value is -2.22. The number of furan rings is 1. The largest absolute Gasteiger partial charge is 0.475 e. The van der Waals surface area contributed by atoms with Crippen LogP contribution in [-0.2, 0) is 0 Å². The van der Waals surface area contributed by atoms with E-state index >= 15 is 0 Å². The third kappa shape index (κ3) is 2.98. The van der Waals surface area contributed by atoms with Crippen LogP contribution >= 0.6 is 15.9 Å². The van der Waals surface area contributed by atoms with Crippen LogP contribution in [0, 0.1) is 0 Å². The Morgan fingerprint density at radius 2 is 1.91 bits per heavy atom. The first-order valence-electron chi connectivity index (χ1n) is 7.15. The Balaban J connectivity index is 1.92. The molecule has 0 bridgehead atoms. The van der Waals surface area contributed by atoms with Gasteiger partial charge in [-0.3, -0.25) is 0 Å². The average Bonchev–Trinajstić information content (AvgIpc) is 2.80. The number of fused-ring (bicyclic) bond motifs is 1. The molecule has 2 aromatic rings. The van der Waals surface area contributed by atoms with Gasteiger partial charge in [0.1, 0.15) is 5.58 Å². The van der Waals surface area contributed by atoms with Crippen molar-refractivity contribution >= 4 is 44.6 Å². The monoisotopic (exact) mass is 382 g/mol. The molecule has 0 aliphatic carbocycles. The third-order valence-corrected chi connectivity index (χ3v) is 4.77. The van der Waals surface area contributed by atoms with Crippen molar-refractivity contribution in [3.8, 4) is 0 Å². The summed E-state index contributed by atoms with van der Waals surface area (Å²) in [7, 11) is 0. The number of rotatable bonds is 2. The molecule has 2 N–H and O–H groups in total. The van der Waals surface area contributed by atoms with Crippen molar-refractivity contribution in [3.05, 3.63) is 28.4 Å². The molecule has 0 radical (unpaired) electrons. The summed E-state index contributed by atoms with van der Waals surface area (Å²) in [5.41, 5.74) is 1.41. The molecule has 1 amide bonds. The molecule has 7 nitrogen and oxygen atoms in total. The second-order valence-corrected chi connectivity index (χ2v) is 6.13. The van der Waals surface area contributed by atoms with E-state index in [0.29, 0.717) is 30.6 Å². The second-order valence-electron chi connectivity index (χ2n) is 5.34. The maximum Gasteiger partial charge on any atom is 0.407 e. The predicted octanol–water partition coefficient (Wildman–Crippen LogP) is 3.08. The smallest absolute Gasteiger partial charge is 0.407 e. The zero-order chi connectivity index (χ0) is 16.6. The van der Waals surface area contributed by atoms with Crippen LogP contribution in [-0.4, -0.2) is 53.4 Å². The molecule has 2 heterocycles. The number of aromatic carboxylic acids is 1. The minimum absolute atomic E-state index is 0.106. The van der Waals surface area contributed by atoms with E-state index in [2.05, 4.69) is 20.8 Å². The van der Waals surface area contributed by atoms with Gasteiger partial charge in [0.15, 0.2) is 0 Å². The Labute approximate surface area is 140 Å². The first kappa shape index (κ1) is 15.7. The lowest BCUT2D eigenvalue weighted by atomic mass is 10.2. The Bertz CT molecular complexity index is 773. The number of carboxylic acids is 1. The van der Waals surface area contributed by atoms with Crippen molar-refractivity contribution in [2.75, 3.05) is 31.1 Å².